The van der Waals surface area contributed by atoms with Crippen molar-refractivity contribution in [2.45, 2.75) is 38.8 Å². The van der Waals surface area contributed by atoms with Gasteiger partial charge in [-0.2, -0.15) is 0 Å². The SMILES string of the molecule is COC(=O)C(CC[S+](C)[O-])NC(=O)OC(C)(C)C. The molecule has 0 heterocycles. The minimum atomic E-state index is -1.04. The second-order valence-corrected chi connectivity index (χ2v) is 6.34. The molecule has 0 aliphatic heterocycles. The molecule has 0 aromatic carbocycles. The van der Waals surface area contributed by atoms with Crippen LogP contribution in [-0.2, 0) is 25.4 Å². The Hall–Kier alpha value is -0.950. The summed E-state index contributed by atoms with van der Waals surface area (Å²) in [4.78, 5) is 23.0. The van der Waals surface area contributed by atoms with Crippen molar-refractivity contribution in [3.63, 3.8) is 0 Å². The van der Waals surface area contributed by atoms with Crippen LogP contribution in [0.25, 0.3) is 0 Å². The van der Waals surface area contributed by atoms with Crippen molar-refractivity contribution in [2.24, 2.45) is 0 Å². The zero-order chi connectivity index (χ0) is 14.3. The maximum absolute atomic E-state index is 11.5. The molecule has 2 atom stereocenters. The molecule has 0 bridgehead atoms. The molecule has 0 aliphatic carbocycles. The number of hydrogen-bond acceptors (Lipinski definition) is 5. The van der Waals surface area contributed by atoms with Crippen LogP contribution in [-0.4, -0.2) is 47.4 Å². The second-order valence-electron chi connectivity index (χ2n) is 4.79. The number of nitrogens with one attached hydrogen (secondary N) is 1. The van der Waals surface area contributed by atoms with Crippen LogP contribution in [0.1, 0.15) is 27.2 Å². The number of methoxy groups -OCH3 is 1. The van der Waals surface area contributed by atoms with Crippen molar-refractivity contribution in [3.05, 3.63) is 0 Å². The van der Waals surface area contributed by atoms with E-state index in [1.807, 2.05) is 0 Å². The normalized spacial score (nSPS) is 14.6. The summed E-state index contributed by atoms with van der Waals surface area (Å²) < 4.78 is 20.6. The first-order valence-electron chi connectivity index (χ1n) is 5.53. The summed E-state index contributed by atoms with van der Waals surface area (Å²) in [5.74, 6) is -0.276. The van der Waals surface area contributed by atoms with E-state index in [0.717, 1.165) is 0 Å². The van der Waals surface area contributed by atoms with E-state index < -0.39 is 34.9 Å². The summed E-state index contributed by atoms with van der Waals surface area (Å²) in [6, 6.07) is -0.839. The molecule has 0 aromatic heterocycles. The van der Waals surface area contributed by atoms with Gasteiger partial charge in [-0.3, -0.25) is 0 Å². The molecule has 0 fully saturated rings. The first-order valence-corrected chi connectivity index (χ1v) is 7.26. The van der Waals surface area contributed by atoms with Crippen LogP contribution < -0.4 is 5.32 Å². The van der Waals surface area contributed by atoms with Crippen LogP contribution in [0.3, 0.4) is 0 Å². The van der Waals surface area contributed by atoms with E-state index in [1.165, 1.54) is 13.4 Å². The van der Waals surface area contributed by atoms with Gasteiger partial charge in [0.05, 0.1) is 13.4 Å². The van der Waals surface area contributed by atoms with Crippen LogP contribution >= 0.6 is 0 Å². The molecule has 7 heteroatoms. The summed E-state index contributed by atoms with van der Waals surface area (Å²) in [5.41, 5.74) is -0.641. The van der Waals surface area contributed by atoms with Gasteiger partial charge in [-0.25, -0.2) is 9.59 Å². The smallest absolute Gasteiger partial charge is 0.408 e. The Kier molecular flexibility index (Phi) is 7.08. The lowest BCUT2D eigenvalue weighted by molar-refractivity contribution is -0.143. The Morgan fingerprint density at radius 2 is 1.94 bits per heavy atom. The highest BCUT2D eigenvalue weighted by atomic mass is 32.2. The summed E-state index contributed by atoms with van der Waals surface area (Å²) in [6.45, 7) is 5.17. The van der Waals surface area contributed by atoms with Gasteiger partial charge in [-0.05, 0) is 20.8 Å². The molecule has 0 saturated heterocycles. The molecule has 0 aromatic rings. The highest BCUT2D eigenvalue weighted by molar-refractivity contribution is 7.90. The monoisotopic (exact) mass is 279 g/mol. The maximum atomic E-state index is 11.5. The van der Waals surface area contributed by atoms with Gasteiger partial charge in [0.15, 0.2) is 0 Å². The summed E-state index contributed by atoms with van der Waals surface area (Å²) in [7, 11) is 1.23. The van der Waals surface area contributed by atoms with E-state index in [4.69, 9.17) is 4.74 Å². The Morgan fingerprint density at radius 3 is 2.33 bits per heavy atom. The van der Waals surface area contributed by atoms with Gasteiger partial charge in [0.2, 0.25) is 0 Å². The van der Waals surface area contributed by atoms with Gasteiger partial charge in [0.1, 0.15) is 17.4 Å². The number of carbonyl (C=O) groups is 2. The average molecular weight is 279 g/mol. The molecule has 0 aliphatic rings. The summed E-state index contributed by atoms with van der Waals surface area (Å²) >= 11 is -1.04. The molecule has 0 spiro atoms. The van der Waals surface area contributed by atoms with E-state index >= 15 is 0 Å². The molecule has 6 nitrogen and oxygen atoms in total. The molecule has 1 N–H and O–H groups in total. The van der Waals surface area contributed by atoms with E-state index in [9.17, 15) is 14.1 Å². The van der Waals surface area contributed by atoms with Gasteiger partial charge in [0.25, 0.3) is 0 Å². The number of carbonyl (C=O) groups excluding carboxylic acids is 2. The molecule has 0 saturated carbocycles. The Bertz CT molecular complexity index is 288. The lowest BCUT2D eigenvalue weighted by atomic mass is 10.2. The topological polar surface area (TPSA) is 87.7 Å². The minimum Gasteiger partial charge on any atom is -0.617 e. The number of rotatable bonds is 5. The third-order valence-corrected chi connectivity index (χ3v) is 2.68. The zero-order valence-corrected chi connectivity index (χ0v) is 12.3. The Morgan fingerprint density at radius 1 is 1.39 bits per heavy atom. The molecule has 2 unspecified atom stereocenters. The van der Waals surface area contributed by atoms with Crippen molar-refractivity contribution in [1.82, 2.24) is 5.32 Å². The fraction of sp³-hybridized carbons (Fsp3) is 0.818. The molecular formula is C11H21NO5S. The van der Waals surface area contributed by atoms with Crippen LogP contribution in [0, 0.1) is 0 Å². The van der Waals surface area contributed by atoms with Crippen LogP contribution in [0.2, 0.25) is 0 Å². The summed E-state index contributed by atoms with van der Waals surface area (Å²) in [5, 5.41) is 2.41. The minimum absolute atomic E-state index is 0.245. The van der Waals surface area contributed by atoms with Crippen LogP contribution in [0.4, 0.5) is 4.79 Å². The zero-order valence-electron chi connectivity index (χ0n) is 11.4. The van der Waals surface area contributed by atoms with E-state index in [0.29, 0.717) is 5.75 Å². The molecule has 0 radical (unpaired) electrons. The molecule has 106 valence electrons. The van der Waals surface area contributed by atoms with Crippen molar-refractivity contribution in [2.75, 3.05) is 19.1 Å². The number of amides is 1. The fourth-order valence-electron chi connectivity index (χ4n) is 1.12. The molecular weight excluding hydrogens is 258 g/mol. The van der Waals surface area contributed by atoms with Crippen molar-refractivity contribution in [1.29, 1.82) is 0 Å². The first kappa shape index (κ1) is 17.1. The van der Waals surface area contributed by atoms with Gasteiger partial charge in [-0.1, -0.05) is 11.2 Å². The highest BCUT2D eigenvalue weighted by Gasteiger charge is 2.25. The summed E-state index contributed by atoms with van der Waals surface area (Å²) in [6.07, 6.45) is 1.08. The van der Waals surface area contributed by atoms with Crippen molar-refractivity contribution in [3.8, 4) is 0 Å². The second kappa shape index (κ2) is 7.48. The average Bonchev–Trinajstić information content (AvgIpc) is 2.20. The highest BCUT2D eigenvalue weighted by Crippen LogP contribution is 2.08. The Balaban J connectivity index is 4.40. The lowest BCUT2D eigenvalue weighted by Gasteiger charge is -2.22. The Labute approximate surface area is 111 Å². The third-order valence-electron chi connectivity index (χ3n) is 1.87. The van der Waals surface area contributed by atoms with E-state index in [1.54, 1.807) is 20.8 Å². The number of esters is 1. The fourth-order valence-corrected chi connectivity index (χ4v) is 1.69. The predicted molar refractivity (Wildman–Crippen MR) is 68.7 cm³/mol. The van der Waals surface area contributed by atoms with Crippen LogP contribution in [0.5, 0.6) is 0 Å². The predicted octanol–water partition coefficient (Wildman–Crippen LogP) is 0.821. The van der Waals surface area contributed by atoms with Gasteiger partial charge in [-0.15, -0.1) is 0 Å². The van der Waals surface area contributed by atoms with E-state index in [2.05, 4.69) is 10.1 Å². The molecule has 0 rings (SSSR count). The van der Waals surface area contributed by atoms with Crippen molar-refractivity contribution < 1.29 is 23.6 Å². The third kappa shape index (κ3) is 8.19. The first-order chi connectivity index (χ1) is 8.15. The number of alkyl carbamates (subject to hydrolysis) is 1. The van der Waals surface area contributed by atoms with Crippen molar-refractivity contribution >= 4 is 23.2 Å². The number of hydrogen-bond donors (Lipinski definition) is 1. The van der Waals surface area contributed by atoms with Gasteiger partial charge >= 0.3 is 12.1 Å². The van der Waals surface area contributed by atoms with E-state index in [-0.39, 0.29) is 6.42 Å². The standard InChI is InChI=1S/C11H21NO5S/c1-11(2,3)17-10(14)12-8(9(13)16-4)6-7-18(5)15/h8H,6-7H2,1-5H3,(H,12,14). The van der Waals surface area contributed by atoms with Crippen LogP contribution in [0.15, 0.2) is 0 Å². The quantitative estimate of drug-likeness (QED) is 0.594. The van der Waals surface area contributed by atoms with Gasteiger partial charge < -0.3 is 19.3 Å². The van der Waals surface area contributed by atoms with Gasteiger partial charge in [0, 0.05) is 6.42 Å². The lowest BCUT2D eigenvalue weighted by Crippen LogP contribution is -2.44. The largest absolute Gasteiger partial charge is 0.617 e. The molecule has 18 heavy (non-hydrogen) atoms. The molecule has 1 amide bonds. The maximum Gasteiger partial charge on any atom is 0.408 e. The number of ether oxygens (including phenoxy) is 2.